The second-order valence-electron chi connectivity index (χ2n) is 10.7. The Bertz CT molecular complexity index is 1600. The molecule has 1 aliphatic carbocycles. The summed E-state index contributed by atoms with van der Waals surface area (Å²) in [6.45, 7) is 5.79. The predicted molar refractivity (Wildman–Crippen MR) is 148 cm³/mol. The summed E-state index contributed by atoms with van der Waals surface area (Å²) < 4.78 is 7.83. The van der Waals surface area contributed by atoms with Gasteiger partial charge in [-0.15, -0.1) is 0 Å². The molecule has 1 saturated carbocycles. The molecule has 196 valence electrons. The number of nitriles is 1. The molecule has 3 heterocycles. The molecular weight excluding hydrogens is 488 g/mol. The number of hydrogen-bond acceptors (Lipinski definition) is 5. The van der Waals surface area contributed by atoms with Crippen LogP contribution in [-0.2, 0) is 16.0 Å². The van der Waals surface area contributed by atoms with Crippen molar-refractivity contribution in [3.63, 3.8) is 0 Å². The van der Waals surface area contributed by atoms with Crippen molar-refractivity contribution in [2.45, 2.75) is 65.0 Å². The molecule has 1 unspecified atom stereocenters. The molecule has 2 aliphatic heterocycles. The maximum atomic E-state index is 13.8. The first kappa shape index (κ1) is 24.9. The predicted octanol–water partition coefficient (Wildman–Crippen LogP) is 5.71. The fourth-order valence-electron chi connectivity index (χ4n) is 6.04. The number of carbonyl (C=O) groups is 2. The molecule has 0 radical (unpaired) electrons. The molecule has 2 aromatic carbocycles. The number of benzene rings is 2. The van der Waals surface area contributed by atoms with Gasteiger partial charge in [0.1, 0.15) is 23.5 Å². The molecule has 0 saturated heterocycles. The number of nitrogens with zero attached hydrogens (tertiary/aromatic N) is 4. The first-order valence-electron chi connectivity index (χ1n) is 13.5. The molecule has 7 nitrogen and oxygen atoms in total. The van der Waals surface area contributed by atoms with E-state index >= 15 is 0 Å². The number of aryl methyl sites for hydroxylation is 1. The monoisotopic (exact) mass is 518 g/mol. The molecule has 0 spiro atoms. The molecule has 3 aliphatic rings. The summed E-state index contributed by atoms with van der Waals surface area (Å²) in [5.41, 5.74) is 6.26. The fourth-order valence-corrected chi connectivity index (χ4v) is 6.04. The van der Waals surface area contributed by atoms with E-state index in [1.165, 1.54) is 4.90 Å². The SMILES string of the molecule is CC1=C(C#N)C(=O)N(C2CCCC2)C(=O)/C1=C/c1cn(-c2ccccc2)nc1-c1cc(C)c2c(c1)CC(C)O2. The van der Waals surface area contributed by atoms with Gasteiger partial charge in [0, 0.05) is 35.4 Å². The molecule has 3 aromatic rings. The first-order valence-corrected chi connectivity index (χ1v) is 13.5. The standard InChI is InChI=1S/C32H30N4O3/c1-19-13-22(15-23-14-20(2)39-30(19)23)29-24(18-35(34-29)25-9-5-4-6-10-25)16-27-21(3)28(17-33)32(38)36(31(27)37)26-11-7-8-12-26/h4-6,9-10,13,15-16,18,20,26H,7-8,11-12,14H2,1-3H3/b27-16+. The Morgan fingerprint density at radius 3 is 2.54 bits per heavy atom. The van der Waals surface area contributed by atoms with E-state index in [4.69, 9.17) is 9.84 Å². The largest absolute Gasteiger partial charge is 0.490 e. The van der Waals surface area contributed by atoms with Crippen LogP contribution in [0.5, 0.6) is 5.75 Å². The Hall–Kier alpha value is -4.44. The Morgan fingerprint density at radius 1 is 1.08 bits per heavy atom. The van der Waals surface area contributed by atoms with Gasteiger partial charge < -0.3 is 4.74 Å². The van der Waals surface area contributed by atoms with Gasteiger partial charge in [0.2, 0.25) is 0 Å². The Labute approximate surface area is 228 Å². The van der Waals surface area contributed by atoms with E-state index in [1.54, 1.807) is 17.7 Å². The molecular formula is C32H30N4O3. The van der Waals surface area contributed by atoms with Gasteiger partial charge in [0.25, 0.3) is 11.8 Å². The first-order chi connectivity index (χ1) is 18.9. The Kier molecular flexibility index (Phi) is 6.19. The van der Waals surface area contributed by atoms with Gasteiger partial charge in [-0.2, -0.15) is 10.4 Å². The summed E-state index contributed by atoms with van der Waals surface area (Å²) in [7, 11) is 0. The second kappa shape index (κ2) is 9.70. The van der Waals surface area contributed by atoms with Gasteiger partial charge in [-0.05, 0) is 80.7 Å². The summed E-state index contributed by atoms with van der Waals surface area (Å²) in [6, 6.07) is 15.9. The molecule has 1 aromatic heterocycles. The number of rotatable bonds is 4. The third-order valence-corrected chi connectivity index (χ3v) is 7.98. The summed E-state index contributed by atoms with van der Waals surface area (Å²) in [5, 5.41) is 14.8. The lowest BCUT2D eigenvalue weighted by atomic mass is 9.91. The minimum absolute atomic E-state index is 0.0317. The number of aromatic nitrogens is 2. The van der Waals surface area contributed by atoms with Crippen LogP contribution < -0.4 is 4.74 Å². The summed E-state index contributed by atoms with van der Waals surface area (Å²) in [4.78, 5) is 28.3. The Morgan fingerprint density at radius 2 is 1.82 bits per heavy atom. The van der Waals surface area contributed by atoms with Gasteiger partial charge in [-0.3, -0.25) is 14.5 Å². The topological polar surface area (TPSA) is 88.2 Å². The maximum absolute atomic E-state index is 13.8. The molecule has 1 fully saturated rings. The molecule has 0 N–H and O–H groups in total. The number of hydrogen-bond donors (Lipinski definition) is 0. The number of fused-ring (bicyclic) bond motifs is 1. The van der Waals surface area contributed by atoms with Crippen LogP contribution in [0.25, 0.3) is 23.0 Å². The van der Waals surface area contributed by atoms with Crippen molar-refractivity contribution in [1.82, 2.24) is 14.7 Å². The van der Waals surface area contributed by atoms with Gasteiger partial charge in [-0.25, -0.2) is 4.68 Å². The van der Waals surface area contributed by atoms with E-state index in [2.05, 4.69) is 25.1 Å². The van der Waals surface area contributed by atoms with Gasteiger partial charge in [0.05, 0.1) is 11.4 Å². The highest BCUT2D eigenvalue weighted by atomic mass is 16.5. The van der Waals surface area contributed by atoms with Crippen molar-refractivity contribution in [2.75, 3.05) is 0 Å². The van der Waals surface area contributed by atoms with Crippen LogP contribution in [0.1, 0.15) is 56.2 Å². The fraction of sp³-hybridized carbons (Fsp3) is 0.312. The highest BCUT2D eigenvalue weighted by molar-refractivity contribution is 6.20. The van der Waals surface area contributed by atoms with E-state index < -0.39 is 5.91 Å². The molecule has 7 heteroatoms. The zero-order chi connectivity index (χ0) is 27.3. The van der Waals surface area contributed by atoms with Crippen LogP contribution in [0.15, 0.2) is 65.4 Å². The summed E-state index contributed by atoms with van der Waals surface area (Å²) in [6.07, 6.45) is 8.13. The second-order valence-corrected chi connectivity index (χ2v) is 10.7. The van der Waals surface area contributed by atoms with Crippen LogP contribution in [0.2, 0.25) is 0 Å². The van der Waals surface area contributed by atoms with Crippen molar-refractivity contribution < 1.29 is 14.3 Å². The van der Waals surface area contributed by atoms with Crippen molar-refractivity contribution in [2.24, 2.45) is 0 Å². The van der Waals surface area contributed by atoms with Gasteiger partial charge >= 0.3 is 0 Å². The Balaban J connectivity index is 1.53. The van der Waals surface area contributed by atoms with E-state index in [0.717, 1.165) is 71.5 Å². The molecule has 39 heavy (non-hydrogen) atoms. The maximum Gasteiger partial charge on any atom is 0.271 e. The number of imide groups is 1. The average Bonchev–Trinajstić information content (AvgIpc) is 3.67. The number of amides is 2. The summed E-state index contributed by atoms with van der Waals surface area (Å²) >= 11 is 0. The van der Waals surface area contributed by atoms with E-state index in [0.29, 0.717) is 11.1 Å². The number of para-hydroxylation sites is 1. The van der Waals surface area contributed by atoms with Crippen molar-refractivity contribution >= 4 is 17.9 Å². The normalized spacial score (nSPS) is 20.5. The zero-order valence-corrected chi connectivity index (χ0v) is 22.4. The highest BCUT2D eigenvalue weighted by Crippen LogP contribution is 2.39. The highest BCUT2D eigenvalue weighted by Gasteiger charge is 2.40. The minimum atomic E-state index is -0.479. The van der Waals surface area contributed by atoms with Crippen molar-refractivity contribution in [1.29, 1.82) is 5.26 Å². The van der Waals surface area contributed by atoms with Crippen molar-refractivity contribution in [3.05, 3.63) is 82.1 Å². The van der Waals surface area contributed by atoms with Crippen molar-refractivity contribution in [3.8, 4) is 28.8 Å². The van der Waals surface area contributed by atoms with E-state index in [-0.39, 0.29) is 23.6 Å². The third kappa shape index (κ3) is 4.26. The smallest absolute Gasteiger partial charge is 0.271 e. The molecule has 6 rings (SSSR count). The third-order valence-electron chi connectivity index (χ3n) is 7.98. The van der Waals surface area contributed by atoms with E-state index in [9.17, 15) is 14.9 Å². The molecule has 0 bridgehead atoms. The van der Waals surface area contributed by atoms with Crippen LogP contribution in [0.3, 0.4) is 0 Å². The lowest BCUT2D eigenvalue weighted by Crippen LogP contribution is -2.47. The van der Waals surface area contributed by atoms with Crippen LogP contribution in [0.4, 0.5) is 0 Å². The van der Waals surface area contributed by atoms with Crippen LogP contribution >= 0.6 is 0 Å². The lowest BCUT2D eigenvalue weighted by molar-refractivity contribution is -0.143. The summed E-state index contributed by atoms with van der Waals surface area (Å²) in [5.74, 6) is 0.112. The van der Waals surface area contributed by atoms with Crippen LogP contribution in [-0.4, -0.2) is 38.6 Å². The molecule has 2 amide bonds. The van der Waals surface area contributed by atoms with Gasteiger partial charge in [0.15, 0.2) is 0 Å². The molecule has 1 atom stereocenters. The van der Waals surface area contributed by atoms with E-state index in [1.807, 2.05) is 43.5 Å². The number of carbonyl (C=O) groups excluding carboxylic acids is 2. The zero-order valence-electron chi connectivity index (χ0n) is 22.4. The number of ether oxygens (including phenoxy) is 1. The average molecular weight is 519 g/mol. The quantitative estimate of drug-likeness (QED) is 0.326. The lowest BCUT2D eigenvalue weighted by Gasteiger charge is -2.32. The minimum Gasteiger partial charge on any atom is -0.490 e. The van der Waals surface area contributed by atoms with Gasteiger partial charge in [-0.1, -0.05) is 31.0 Å². The van der Waals surface area contributed by atoms with Crippen LogP contribution in [0, 0.1) is 18.3 Å².